The van der Waals surface area contributed by atoms with Crippen LogP contribution < -0.4 is 5.32 Å². The van der Waals surface area contributed by atoms with Crippen molar-refractivity contribution in [3.8, 4) is 5.75 Å². The van der Waals surface area contributed by atoms with Gasteiger partial charge in [-0.05, 0) is 36.3 Å². The maximum absolute atomic E-state index is 11.4. The molecule has 16 heavy (non-hydrogen) atoms. The third kappa shape index (κ3) is 3.98. The molecule has 0 aliphatic heterocycles. The number of phenolic OH excluding ortho intramolecular Hbond substituents is 1. The van der Waals surface area contributed by atoms with Gasteiger partial charge in [-0.25, -0.2) is 0 Å². The molecule has 0 aromatic heterocycles. The Bertz CT molecular complexity index is 373. The van der Waals surface area contributed by atoms with Gasteiger partial charge in [0.05, 0.1) is 6.04 Å². The molecule has 2 N–H and O–H groups in total. The predicted octanol–water partition coefficient (Wildman–Crippen LogP) is 2.45. The van der Waals surface area contributed by atoms with Crippen LogP contribution in [0, 0.1) is 0 Å². The van der Waals surface area contributed by atoms with Gasteiger partial charge in [0.15, 0.2) is 0 Å². The van der Waals surface area contributed by atoms with E-state index in [-0.39, 0.29) is 17.7 Å². The summed E-state index contributed by atoms with van der Waals surface area (Å²) in [5, 5.41) is 13.7. The molecule has 86 valence electrons. The van der Waals surface area contributed by atoms with Gasteiger partial charge in [0.25, 0.3) is 0 Å². The molecule has 0 heterocycles. The van der Waals surface area contributed by atoms with Crippen LogP contribution in [-0.4, -0.2) is 17.3 Å². The molecule has 1 aromatic rings. The van der Waals surface area contributed by atoms with Gasteiger partial charge >= 0.3 is 0 Å². The highest BCUT2D eigenvalue weighted by atomic mass is 32.2. The van der Waals surface area contributed by atoms with Crippen molar-refractivity contribution in [2.24, 2.45) is 0 Å². The van der Waals surface area contributed by atoms with E-state index in [1.54, 1.807) is 29.7 Å². The van der Waals surface area contributed by atoms with Gasteiger partial charge in [0.2, 0.25) is 5.91 Å². The fourth-order valence-corrected chi connectivity index (χ4v) is 1.50. The monoisotopic (exact) mass is 237 g/mol. The Kier molecular flexibility index (Phi) is 4.92. The van der Waals surface area contributed by atoms with Crippen molar-refractivity contribution >= 4 is 17.7 Å². The van der Waals surface area contributed by atoms with Crippen LogP contribution in [0.2, 0.25) is 0 Å². The van der Waals surface area contributed by atoms with Crippen LogP contribution in [0.15, 0.2) is 35.7 Å². The highest BCUT2D eigenvalue weighted by Crippen LogP contribution is 2.16. The molecule has 0 aliphatic rings. The van der Waals surface area contributed by atoms with Crippen molar-refractivity contribution in [2.75, 3.05) is 6.26 Å². The van der Waals surface area contributed by atoms with E-state index in [2.05, 4.69) is 5.32 Å². The number of benzene rings is 1. The van der Waals surface area contributed by atoms with Crippen LogP contribution in [0.4, 0.5) is 0 Å². The summed E-state index contributed by atoms with van der Waals surface area (Å²) in [6.07, 6.45) is 3.40. The van der Waals surface area contributed by atoms with Crippen molar-refractivity contribution in [3.63, 3.8) is 0 Å². The average molecular weight is 237 g/mol. The smallest absolute Gasteiger partial charge is 0.244 e. The molecule has 1 amide bonds. The molecule has 0 saturated heterocycles. The van der Waals surface area contributed by atoms with E-state index in [9.17, 15) is 4.79 Å². The quantitative estimate of drug-likeness (QED) is 0.791. The SMILES string of the molecule is CS/C=C/C(=O)NC(C)c1ccc(O)cc1. The van der Waals surface area contributed by atoms with E-state index in [1.165, 1.54) is 17.8 Å². The Morgan fingerprint density at radius 2 is 2.06 bits per heavy atom. The predicted molar refractivity (Wildman–Crippen MR) is 67.3 cm³/mol. The van der Waals surface area contributed by atoms with Crippen molar-refractivity contribution in [2.45, 2.75) is 13.0 Å². The van der Waals surface area contributed by atoms with Gasteiger partial charge in [-0.2, -0.15) is 0 Å². The molecule has 0 aliphatic carbocycles. The van der Waals surface area contributed by atoms with E-state index < -0.39 is 0 Å². The second-order valence-electron chi connectivity index (χ2n) is 3.36. The molecule has 0 fully saturated rings. The van der Waals surface area contributed by atoms with Gasteiger partial charge in [-0.3, -0.25) is 4.79 Å². The van der Waals surface area contributed by atoms with Crippen LogP contribution in [-0.2, 0) is 4.79 Å². The number of nitrogens with one attached hydrogen (secondary N) is 1. The third-order valence-corrected chi connectivity index (χ3v) is 2.52. The first kappa shape index (κ1) is 12.6. The maximum Gasteiger partial charge on any atom is 0.244 e. The Hall–Kier alpha value is -1.42. The Morgan fingerprint density at radius 1 is 1.44 bits per heavy atom. The van der Waals surface area contributed by atoms with Gasteiger partial charge in [-0.15, -0.1) is 11.8 Å². The lowest BCUT2D eigenvalue weighted by Gasteiger charge is -2.12. The van der Waals surface area contributed by atoms with E-state index in [4.69, 9.17) is 5.11 Å². The fourth-order valence-electron chi connectivity index (χ4n) is 1.24. The maximum atomic E-state index is 11.4. The number of hydrogen-bond acceptors (Lipinski definition) is 3. The van der Waals surface area contributed by atoms with Crippen molar-refractivity contribution < 1.29 is 9.90 Å². The summed E-state index contributed by atoms with van der Waals surface area (Å²) in [5.41, 5.74) is 0.962. The summed E-state index contributed by atoms with van der Waals surface area (Å²) in [7, 11) is 0. The summed E-state index contributed by atoms with van der Waals surface area (Å²) < 4.78 is 0. The third-order valence-electron chi connectivity index (χ3n) is 2.11. The van der Waals surface area contributed by atoms with Crippen molar-refractivity contribution in [3.05, 3.63) is 41.3 Å². The number of phenols is 1. The molecular formula is C12H15NO2S. The van der Waals surface area contributed by atoms with E-state index >= 15 is 0 Å². The Labute approximate surface area is 99.6 Å². The van der Waals surface area contributed by atoms with Gasteiger partial charge in [0, 0.05) is 6.08 Å². The van der Waals surface area contributed by atoms with Crippen LogP contribution in [0.25, 0.3) is 0 Å². The van der Waals surface area contributed by atoms with Crippen molar-refractivity contribution in [1.29, 1.82) is 0 Å². The molecular weight excluding hydrogens is 222 g/mol. The molecule has 0 radical (unpaired) electrons. The van der Waals surface area contributed by atoms with Crippen LogP contribution in [0.3, 0.4) is 0 Å². The van der Waals surface area contributed by atoms with E-state index in [0.717, 1.165) is 5.56 Å². The average Bonchev–Trinajstić information content (AvgIpc) is 2.27. The van der Waals surface area contributed by atoms with Gasteiger partial charge in [0.1, 0.15) is 5.75 Å². The highest BCUT2D eigenvalue weighted by molar-refractivity contribution is 8.01. The normalized spacial score (nSPS) is 12.6. The number of rotatable bonds is 4. The van der Waals surface area contributed by atoms with E-state index in [1.807, 2.05) is 13.2 Å². The number of hydrogen-bond donors (Lipinski definition) is 2. The number of amides is 1. The zero-order valence-corrected chi connectivity index (χ0v) is 10.1. The zero-order valence-electron chi connectivity index (χ0n) is 9.31. The minimum Gasteiger partial charge on any atom is -0.508 e. The van der Waals surface area contributed by atoms with E-state index in [0.29, 0.717) is 0 Å². The Morgan fingerprint density at radius 3 is 2.62 bits per heavy atom. The molecule has 0 bridgehead atoms. The minimum atomic E-state index is -0.116. The molecule has 1 aromatic carbocycles. The fraction of sp³-hybridized carbons (Fsp3) is 0.250. The lowest BCUT2D eigenvalue weighted by atomic mass is 10.1. The zero-order chi connectivity index (χ0) is 12.0. The molecule has 1 atom stereocenters. The molecule has 4 heteroatoms. The molecule has 1 rings (SSSR count). The lowest BCUT2D eigenvalue weighted by Crippen LogP contribution is -2.24. The first-order chi connectivity index (χ1) is 7.63. The summed E-state index contributed by atoms with van der Waals surface area (Å²) in [6.45, 7) is 1.90. The molecule has 0 saturated carbocycles. The second kappa shape index (κ2) is 6.23. The summed E-state index contributed by atoms with van der Waals surface area (Å²) in [6, 6.07) is 6.72. The van der Waals surface area contributed by atoms with Gasteiger partial charge in [-0.1, -0.05) is 12.1 Å². The first-order valence-corrected chi connectivity index (χ1v) is 6.21. The molecule has 1 unspecified atom stereocenters. The van der Waals surface area contributed by atoms with Crippen molar-refractivity contribution in [1.82, 2.24) is 5.32 Å². The summed E-state index contributed by atoms with van der Waals surface area (Å²) in [4.78, 5) is 11.4. The van der Waals surface area contributed by atoms with Crippen LogP contribution in [0.1, 0.15) is 18.5 Å². The van der Waals surface area contributed by atoms with Gasteiger partial charge < -0.3 is 10.4 Å². The highest BCUT2D eigenvalue weighted by Gasteiger charge is 2.06. The first-order valence-electron chi connectivity index (χ1n) is 4.92. The summed E-state index contributed by atoms with van der Waals surface area (Å²) >= 11 is 1.48. The molecule has 3 nitrogen and oxygen atoms in total. The van der Waals surface area contributed by atoms with Crippen LogP contribution >= 0.6 is 11.8 Å². The number of aromatic hydroxyl groups is 1. The minimum absolute atomic E-state index is 0.0698. The topological polar surface area (TPSA) is 49.3 Å². The standard InChI is InChI=1S/C12H15NO2S/c1-9(13-12(15)7-8-16-2)10-3-5-11(14)6-4-10/h3-9,14H,1-2H3,(H,13,15)/b8-7+. The summed E-state index contributed by atoms with van der Waals surface area (Å²) in [5.74, 6) is 0.111. The second-order valence-corrected chi connectivity index (χ2v) is 4.10. The largest absolute Gasteiger partial charge is 0.508 e. The Balaban J connectivity index is 2.58. The molecule has 0 spiro atoms. The van der Waals surface area contributed by atoms with Crippen LogP contribution in [0.5, 0.6) is 5.75 Å². The number of carbonyl (C=O) groups is 1. The number of thioether (sulfide) groups is 1. The number of carbonyl (C=O) groups excluding carboxylic acids is 1. The lowest BCUT2D eigenvalue weighted by molar-refractivity contribution is -0.117.